The molecule has 0 unspecified atom stereocenters. The molecule has 0 aliphatic rings. The van der Waals surface area contributed by atoms with Crippen LogP contribution in [0, 0.1) is 5.82 Å². The van der Waals surface area contributed by atoms with E-state index in [1.54, 1.807) is 6.07 Å². The SMILES string of the molecule is CCc1ccc(F)c(CCCC(=O)O)c1. The molecule has 0 atom stereocenters. The molecule has 0 saturated heterocycles. The standard InChI is InChI=1S/C12H15FO2/c1-2-9-6-7-11(13)10(8-9)4-3-5-12(14)15/h6-8H,2-5H2,1H3,(H,14,15). The van der Waals surface area contributed by atoms with Gasteiger partial charge in [-0.3, -0.25) is 4.79 Å². The molecule has 0 bridgehead atoms. The third-order valence-electron chi connectivity index (χ3n) is 2.36. The molecule has 3 heteroatoms. The van der Waals surface area contributed by atoms with E-state index in [0.717, 1.165) is 12.0 Å². The maximum absolute atomic E-state index is 13.3. The van der Waals surface area contributed by atoms with E-state index in [1.165, 1.54) is 6.07 Å². The van der Waals surface area contributed by atoms with Crippen molar-refractivity contribution in [3.05, 3.63) is 35.1 Å². The summed E-state index contributed by atoms with van der Waals surface area (Å²) in [6, 6.07) is 5.03. The fraction of sp³-hybridized carbons (Fsp3) is 0.417. The molecule has 0 aromatic heterocycles. The van der Waals surface area contributed by atoms with Crippen molar-refractivity contribution in [3.63, 3.8) is 0 Å². The van der Waals surface area contributed by atoms with Gasteiger partial charge in [0, 0.05) is 6.42 Å². The lowest BCUT2D eigenvalue weighted by atomic mass is 10.0. The van der Waals surface area contributed by atoms with E-state index in [4.69, 9.17) is 5.11 Å². The molecule has 0 fully saturated rings. The fourth-order valence-electron chi connectivity index (χ4n) is 1.47. The molecule has 2 nitrogen and oxygen atoms in total. The minimum atomic E-state index is -0.831. The Hall–Kier alpha value is -1.38. The number of carboxylic acids is 1. The number of rotatable bonds is 5. The van der Waals surface area contributed by atoms with Crippen molar-refractivity contribution in [1.82, 2.24) is 0 Å². The number of hydrogen-bond acceptors (Lipinski definition) is 1. The van der Waals surface area contributed by atoms with Crippen molar-refractivity contribution in [2.45, 2.75) is 32.6 Å². The van der Waals surface area contributed by atoms with Crippen molar-refractivity contribution in [3.8, 4) is 0 Å². The first-order valence-electron chi connectivity index (χ1n) is 5.12. The highest BCUT2D eigenvalue weighted by atomic mass is 19.1. The van der Waals surface area contributed by atoms with Crippen molar-refractivity contribution in [2.24, 2.45) is 0 Å². The van der Waals surface area contributed by atoms with Crippen molar-refractivity contribution in [1.29, 1.82) is 0 Å². The average molecular weight is 210 g/mol. The number of halogens is 1. The number of benzene rings is 1. The molecule has 0 aliphatic heterocycles. The third-order valence-corrected chi connectivity index (χ3v) is 2.36. The Morgan fingerprint density at radius 2 is 2.20 bits per heavy atom. The summed E-state index contributed by atoms with van der Waals surface area (Å²) in [6.07, 6.45) is 1.94. The molecule has 0 saturated carbocycles. The summed E-state index contributed by atoms with van der Waals surface area (Å²) >= 11 is 0. The number of aryl methyl sites for hydroxylation is 2. The van der Waals surface area contributed by atoms with Crippen LogP contribution < -0.4 is 0 Å². The minimum absolute atomic E-state index is 0.0930. The third kappa shape index (κ3) is 3.70. The van der Waals surface area contributed by atoms with Gasteiger partial charge >= 0.3 is 5.97 Å². The van der Waals surface area contributed by atoms with Gasteiger partial charge < -0.3 is 5.11 Å². The molecule has 0 aliphatic carbocycles. The van der Waals surface area contributed by atoms with E-state index in [0.29, 0.717) is 18.4 Å². The Morgan fingerprint density at radius 1 is 1.47 bits per heavy atom. The first kappa shape index (κ1) is 11.7. The average Bonchev–Trinajstić information content (AvgIpc) is 2.20. The molecular weight excluding hydrogens is 195 g/mol. The van der Waals surface area contributed by atoms with Crippen LogP contribution in [0.2, 0.25) is 0 Å². The van der Waals surface area contributed by atoms with Gasteiger partial charge in [0.25, 0.3) is 0 Å². The molecule has 1 N–H and O–H groups in total. The summed E-state index contributed by atoms with van der Waals surface area (Å²) in [4.78, 5) is 10.3. The van der Waals surface area contributed by atoms with Gasteiger partial charge in [0.2, 0.25) is 0 Å². The van der Waals surface area contributed by atoms with Gasteiger partial charge in [-0.15, -0.1) is 0 Å². The minimum Gasteiger partial charge on any atom is -0.481 e. The smallest absolute Gasteiger partial charge is 0.303 e. The number of aliphatic carboxylic acids is 1. The van der Waals surface area contributed by atoms with Crippen molar-refractivity contribution >= 4 is 5.97 Å². The predicted molar refractivity (Wildman–Crippen MR) is 56.4 cm³/mol. The molecule has 1 aromatic carbocycles. The Kier molecular flexibility index (Phi) is 4.28. The Bertz CT molecular complexity index is 347. The lowest BCUT2D eigenvalue weighted by Crippen LogP contribution is -1.98. The molecule has 15 heavy (non-hydrogen) atoms. The van der Waals surface area contributed by atoms with Gasteiger partial charge in [0.05, 0.1) is 0 Å². The Balaban J connectivity index is 2.62. The van der Waals surface area contributed by atoms with E-state index >= 15 is 0 Å². The van der Waals surface area contributed by atoms with E-state index in [9.17, 15) is 9.18 Å². The van der Waals surface area contributed by atoms with E-state index in [-0.39, 0.29) is 12.2 Å². The highest BCUT2D eigenvalue weighted by Crippen LogP contribution is 2.13. The predicted octanol–water partition coefficient (Wildman–Crippen LogP) is 2.80. The maximum Gasteiger partial charge on any atom is 0.303 e. The van der Waals surface area contributed by atoms with Crippen LogP contribution >= 0.6 is 0 Å². The van der Waals surface area contributed by atoms with E-state index in [2.05, 4.69) is 0 Å². The molecule has 1 rings (SSSR count). The normalized spacial score (nSPS) is 10.3. The van der Waals surface area contributed by atoms with Crippen LogP contribution in [0.3, 0.4) is 0 Å². The van der Waals surface area contributed by atoms with Crippen LogP contribution in [0.25, 0.3) is 0 Å². The van der Waals surface area contributed by atoms with E-state index in [1.807, 2.05) is 13.0 Å². The zero-order valence-corrected chi connectivity index (χ0v) is 8.79. The number of carbonyl (C=O) groups is 1. The molecular formula is C12H15FO2. The van der Waals surface area contributed by atoms with Crippen LogP contribution in [0.15, 0.2) is 18.2 Å². The monoisotopic (exact) mass is 210 g/mol. The van der Waals surface area contributed by atoms with Crippen LogP contribution in [0.5, 0.6) is 0 Å². The van der Waals surface area contributed by atoms with Gasteiger partial charge in [0.1, 0.15) is 5.82 Å². The van der Waals surface area contributed by atoms with E-state index < -0.39 is 5.97 Å². The van der Waals surface area contributed by atoms with Crippen LogP contribution in [-0.4, -0.2) is 11.1 Å². The molecule has 0 heterocycles. The second-order valence-corrected chi connectivity index (χ2v) is 3.53. The molecule has 82 valence electrons. The first-order chi connectivity index (χ1) is 7.13. The second kappa shape index (κ2) is 5.49. The van der Waals surface area contributed by atoms with Gasteiger partial charge in [0.15, 0.2) is 0 Å². The molecule has 0 amide bonds. The summed E-state index contributed by atoms with van der Waals surface area (Å²) in [5.41, 5.74) is 1.71. The lowest BCUT2D eigenvalue weighted by Gasteiger charge is -2.04. The summed E-state index contributed by atoms with van der Waals surface area (Å²) in [5, 5.41) is 8.47. The largest absolute Gasteiger partial charge is 0.481 e. The summed E-state index contributed by atoms with van der Waals surface area (Å²) in [5.74, 6) is -1.07. The van der Waals surface area contributed by atoms with Gasteiger partial charge in [-0.25, -0.2) is 4.39 Å². The van der Waals surface area contributed by atoms with Gasteiger partial charge in [-0.1, -0.05) is 19.1 Å². The number of hydrogen-bond donors (Lipinski definition) is 1. The van der Waals surface area contributed by atoms with Crippen molar-refractivity contribution in [2.75, 3.05) is 0 Å². The molecule has 0 radical (unpaired) electrons. The highest BCUT2D eigenvalue weighted by Gasteiger charge is 2.04. The summed E-state index contributed by atoms with van der Waals surface area (Å²) < 4.78 is 13.3. The number of carboxylic acid groups (broad SMARTS) is 1. The topological polar surface area (TPSA) is 37.3 Å². The van der Waals surface area contributed by atoms with Crippen molar-refractivity contribution < 1.29 is 14.3 Å². The van der Waals surface area contributed by atoms with Crippen LogP contribution in [0.4, 0.5) is 4.39 Å². The van der Waals surface area contributed by atoms with Crippen LogP contribution in [-0.2, 0) is 17.6 Å². The Morgan fingerprint density at radius 3 is 2.80 bits per heavy atom. The Labute approximate surface area is 88.7 Å². The molecule has 0 spiro atoms. The quantitative estimate of drug-likeness (QED) is 0.811. The van der Waals surface area contributed by atoms with Crippen LogP contribution in [0.1, 0.15) is 30.9 Å². The fourth-order valence-corrected chi connectivity index (χ4v) is 1.47. The van der Waals surface area contributed by atoms with Gasteiger partial charge in [-0.05, 0) is 36.5 Å². The maximum atomic E-state index is 13.3. The summed E-state index contributed by atoms with van der Waals surface area (Å²) in [7, 11) is 0. The van der Waals surface area contributed by atoms with Gasteiger partial charge in [-0.2, -0.15) is 0 Å². The first-order valence-corrected chi connectivity index (χ1v) is 5.12. The lowest BCUT2D eigenvalue weighted by molar-refractivity contribution is -0.137. The second-order valence-electron chi connectivity index (χ2n) is 3.53. The summed E-state index contributed by atoms with van der Waals surface area (Å²) in [6.45, 7) is 2.01. The zero-order valence-electron chi connectivity index (χ0n) is 8.79. The molecule has 1 aromatic rings. The zero-order chi connectivity index (χ0) is 11.3. The highest BCUT2D eigenvalue weighted by molar-refractivity contribution is 5.66.